The van der Waals surface area contributed by atoms with E-state index in [1.807, 2.05) is 9.80 Å². The lowest BCUT2D eigenvalue weighted by Gasteiger charge is -2.34. The topological polar surface area (TPSA) is 8.88 Å². The van der Waals surface area contributed by atoms with Crippen LogP contribution in [0.2, 0.25) is 0 Å². The van der Waals surface area contributed by atoms with Crippen molar-refractivity contribution in [3.05, 3.63) is 12.2 Å². The highest BCUT2D eigenvalue weighted by atomic mass is 15.3. The molecule has 0 amide bonds. The van der Waals surface area contributed by atoms with Crippen molar-refractivity contribution in [2.45, 2.75) is 44.6 Å². The first-order valence-corrected chi connectivity index (χ1v) is 8.75. The normalized spacial score (nSPS) is 46.2. The van der Waals surface area contributed by atoms with Gasteiger partial charge in [-0.3, -0.25) is 0 Å². The summed E-state index contributed by atoms with van der Waals surface area (Å²) in [7, 11) is 0. The molecule has 19 heavy (non-hydrogen) atoms. The largest absolute Gasteiger partial charge is 0.325 e. The molecule has 3 aliphatic carbocycles. The summed E-state index contributed by atoms with van der Waals surface area (Å²) in [6, 6.07) is 1.03. The standard InChI is InChI=1S/C17H28N2/c1-2-4-17(3-1)19-9-7-18(8-10-19)13-16-12-14-5-6-15(16)11-14/h5-6,14-17H,1-4,7-13H2/p+2/t14-,15+,16+/m0/s1. The van der Waals surface area contributed by atoms with Crippen LogP contribution in [0, 0.1) is 17.8 Å². The molecule has 2 bridgehead atoms. The highest BCUT2D eigenvalue weighted by Crippen LogP contribution is 2.42. The van der Waals surface area contributed by atoms with Crippen LogP contribution in [0.4, 0.5) is 0 Å². The fourth-order valence-corrected chi connectivity index (χ4v) is 5.37. The van der Waals surface area contributed by atoms with E-state index in [1.165, 1.54) is 71.2 Å². The Hall–Kier alpha value is -0.340. The Kier molecular flexibility index (Phi) is 3.40. The molecule has 2 saturated carbocycles. The molecule has 2 heteroatoms. The molecule has 0 spiro atoms. The van der Waals surface area contributed by atoms with Gasteiger partial charge in [-0.2, -0.15) is 0 Å². The van der Waals surface area contributed by atoms with Gasteiger partial charge in [0.05, 0.1) is 12.6 Å². The smallest absolute Gasteiger partial charge is 0.127 e. The molecular formula is C17H30N2+2. The van der Waals surface area contributed by atoms with Crippen molar-refractivity contribution in [2.75, 3.05) is 32.7 Å². The monoisotopic (exact) mass is 262 g/mol. The van der Waals surface area contributed by atoms with E-state index >= 15 is 0 Å². The van der Waals surface area contributed by atoms with Gasteiger partial charge in [-0.1, -0.05) is 12.2 Å². The fourth-order valence-electron chi connectivity index (χ4n) is 5.37. The second-order valence-corrected chi connectivity index (χ2v) is 7.63. The molecule has 0 aromatic rings. The highest BCUT2D eigenvalue weighted by molar-refractivity contribution is 5.09. The zero-order chi connectivity index (χ0) is 12.7. The Morgan fingerprint density at radius 2 is 1.68 bits per heavy atom. The van der Waals surface area contributed by atoms with Gasteiger partial charge < -0.3 is 9.80 Å². The average molecular weight is 262 g/mol. The third kappa shape index (κ3) is 2.50. The predicted molar refractivity (Wildman–Crippen MR) is 77.4 cm³/mol. The molecule has 0 radical (unpaired) electrons. The van der Waals surface area contributed by atoms with Gasteiger partial charge in [-0.25, -0.2) is 0 Å². The van der Waals surface area contributed by atoms with Crippen LogP contribution in [0.25, 0.3) is 0 Å². The molecule has 0 unspecified atom stereocenters. The minimum Gasteiger partial charge on any atom is -0.325 e. The first-order chi connectivity index (χ1) is 9.38. The summed E-state index contributed by atoms with van der Waals surface area (Å²) < 4.78 is 0. The third-order valence-electron chi connectivity index (χ3n) is 6.50. The first kappa shape index (κ1) is 12.4. The van der Waals surface area contributed by atoms with Crippen molar-refractivity contribution in [3.63, 3.8) is 0 Å². The summed E-state index contributed by atoms with van der Waals surface area (Å²) in [6.07, 6.45) is 14.0. The van der Waals surface area contributed by atoms with Crippen molar-refractivity contribution in [3.8, 4) is 0 Å². The second-order valence-electron chi connectivity index (χ2n) is 7.63. The maximum absolute atomic E-state index is 2.53. The lowest BCUT2D eigenvalue weighted by atomic mass is 9.93. The van der Waals surface area contributed by atoms with E-state index < -0.39 is 0 Å². The number of hydrogen-bond donors (Lipinski definition) is 2. The number of quaternary nitrogens is 2. The molecular weight excluding hydrogens is 232 g/mol. The molecule has 0 aromatic carbocycles. The first-order valence-electron chi connectivity index (χ1n) is 8.75. The molecule has 4 rings (SSSR count). The van der Waals surface area contributed by atoms with E-state index in [-0.39, 0.29) is 0 Å². The Morgan fingerprint density at radius 1 is 0.895 bits per heavy atom. The summed E-state index contributed by atoms with van der Waals surface area (Å²) in [5.74, 6) is 2.94. The minimum absolute atomic E-state index is 0.956. The molecule has 3 fully saturated rings. The Bertz CT molecular complexity index is 337. The van der Waals surface area contributed by atoms with Gasteiger partial charge in [0.25, 0.3) is 0 Å². The second kappa shape index (κ2) is 5.21. The number of hydrogen-bond acceptors (Lipinski definition) is 0. The molecule has 1 saturated heterocycles. The van der Waals surface area contributed by atoms with Crippen LogP contribution in [-0.2, 0) is 0 Å². The summed E-state index contributed by atoms with van der Waals surface area (Å²) >= 11 is 0. The third-order valence-corrected chi connectivity index (χ3v) is 6.50. The molecule has 1 aliphatic heterocycles. The molecule has 1 heterocycles. The summed E-state index contributed by atoms with van der Waals surface area (Å²) in [5, 5.41) is 0. The van der Waals surface area contributed by atoms with Crippen LogP contribution in [0.1, 0.15) is 38.5 Å². The van der Waals surface area contributed by atoms with Crippen LogP contribution < -0.4 is 9.80 Å². The van der Waals surface area contributed by atoms with E-state index in [4.69, 9.17) is 0 Å². The number of fused-ring (bicyclic) bond motifs is 2. The van der Waals surface area contributed by atoms with Crippen LogP contribution in [-0.4, -0.2) is 38.8 Å². The number of nitrogens with one attached hydrogen (secondary N) is 2. The zero-order valence-corrected chi connectivity index (χ0v) is 12.2. The number of piperazine rings is 1. The number of allylic oxidation sites excluding steroid dienone is 2. The van der Waals surface area contributed by atoms with Gasteiger partial charge >= 0.3 is 0 Å². The van der Waals surface area contributed by atoms with E-state index in [0.29, 0.717) is 0 Å². The fraction of sp³-hybridized carbons (Fsp3) is 0.882. The van der Waals surface area contributed by atoms with E-state index in [0.717, 1.165) is 23.8 Å². The van der Waals surface area contributed by atoms with E-state index in [9.17, 15) is 0 Å². The lowest BCUT2D eigenvalue weighted by Crippen LogP contribution is -3.29. The van der Waals surface area contributed by atoms with Gasteiger partial charge in [-0.15, -0.1) is 0 Å². The summed E-state index contributed by atoms with van der Waals surface area (Å²) in [5.41, 5.74) is 0. The van der Waals surface area contributed by atoms with Crippen molar-refractivity contribution in [1.82, 2.24) is 0 Å². The van der Waals surface area contributed by atoms with Crippen molar-refractivity contribution in [2.24, 2.45) is 17.8 Å². The van der Waals surface area contributed by atoms with Crippen molar-refractivity contribution in [1.29, 1.82) is 0 Å². The average Bonchev–Trinajstić information content (AvgIpc) is 3.17. The molecule has 3 atom stereocenters. The summed E-state index contributed by atoms with van der Waals surface area (Å²) in [4.78, 5) is 3.88. The van der Waals surface area contributed by atoms with Gasteiger partial charge in [0.1, 0.15) is 26.2 Å². The van der Waals surface area contributed by atoms with Crippen LogP contribution in [0.15, 0.2) is 12.2 Å². The van der Waals surface area contributed by atoms with E-state index in [2.05, 4.69) is 12.2 Å². The zero-order valence-electron chi connectivity index (χ0n) is 12.2. The maximum atomic E-state index is 2.53. The molecule has 2 N–H and O–H groups in total. The maximum Gasteiger partial charge on any atom is 0.127 e. The molecule has 4 aliphatic rings. The van der Waals surface area contributed by atoms with Crippen LogP contribution in [0.5, 0.6) is 0 Å². The van der Waals surface area contributed by atoms with Gasteiger partial charge in [-0.05, 0) is 50.4 Å². The van der Waals surface area contributed by atoms with Crippen LogP contribution >= 0.6 is 0 Å². The highest BCUT2D eigenvalue weighted by Gasteiger charge is 2.39. The number of rotatable bonds is 3. The Balaban J connectivity index is 1.25. The van der Waals surface area contributed by atoms with Gasteiger partial charge in [0.15, 0.2) is 0 Å². The minimum atomic E-state index is 0.956. The molecule has 0 aromatic heterocycles. The molecule has 2 nitrogen and oxygen atoms in total. The van der Waals surface area contributed by atoms with Crippen LogP contribution in [0.3, 0.4) is 0 Å². The molecule has 106 valence electrons. The quantitative estimate of drug-likeness (QED) is 0.659. The summed E-state index contributed by atoms with van der Waals surface area (Å²) in [6.45, 7) is 7.28. The SMILES string of the molecule is C1=C[C@@H]2C[C@H]1C[C@@H]2C[NH+]1CC[NH+](C2CCCC2)CC1. The van der Waals surface area contributed by atoms with Gasteiger partial charge in [0.2, 0.25) is 0 Å². The lowest BCUT2D eigenvalue weighted by molar-refractivity contribution is -1.02. The Morgan fingerprint density at radius 3 is 2.32 bits per heavy atom. The Labute approximate surface area is 117 Å². The van der Waals surface area contributed by atoms with Crippen molar-refractivity contribution >= 4 is 0 Å². The predicted octanol–water partition coefficient (Wildman–Crippen LogP) is -0.0754. The van der Waals surface area contributed by atoms with Gasteiger partial charge in [0, 0.05) is 5.92 Å². The van der Waals surface area contributed by atoms with Crippen molar-refractivity contribution < 1.29 is 9.80 Å². The van der Waals surface area contributed by atoms with E-state index in [1.54, 1.807) is 0 Å².